The summed E-state index contributed by atoms with van der Waals surface area (Å²) in [5.74, 6) is 0. The number of rotatable bonds is 2. The summed E-state index contributed by atoms with van der Waals surface area (Å²) in [7, 11) is -0.335. The molecular weight excluding hydrogens is 930 g/mol. The third kappa shape index (κ3) is 6.57. The molecule has 8 aromatic carbocycles. The Kier molecular flexibility index (Phi) is 9.86. The van der Waals surface area contributed by atoms with Crippen molar-refractivity contribution in [3.05, 3.63) is 170 Å². The fraction of sp³-hybridized carbons (Fsp3) is 0.120. The summed E-state index contributed by atoms with van der Waals surface area (Å²) in [5, 5.41) is 5.25. The SMILES string of the molecule is Brc1cccc(-c2ccc3c4c(cccc24)-c2ccccc2-3)c1.Brc1cccc(I)c1.CC1(C)OB(c2ccc3c4c(cccc24)-c2ccccc2-3)OC1(C)C. The summed E-state index contributed by atoms with van der Waals surface area (Å²) in [6.45, 7) is 8.40. The maximum absolute atomic E-state index is 6.31. The highest BCUT2D eigenvalue weighted by molar-refractivity contribution is 14.1. The van der Waals surface area contributed by atoms with Gasteiger partial charge < -0.3 is 9.31 Å². The van der Waals surface area contributed by atoms with Gasteiger partial charge in [0.05, 0.1) is 11.2 Å². The lowest BCUT2D eigenvalue weighted by Gasteiger charge is -2.32. The predicted molar refractivity (Wildman–Crippen MR) is 252 cm³/mol. The van der Waals surface area contributed by atoms with Gasteiger partial charge in [0, 0.05) is 12.5 Å². The standard InChI is InChI=1S/C22H21BO2.C22H13Br.C6H4BrI/c1-21(2)22(3,4)25-23(24-21)19-13-12-17-15-9-6-5-8-14(15)16-10-7-11-18(19)20(16)17;23-15-6-3-5-14(13-15)16-11-12-21-18-8-2-1-7-17(18)20-10-4-9-19(16)22(20)21;7-5-2-1-3-6(8)4-5/h5-13H,1-4H3;1-13H;1-4H. The van der Waals surface area contributed by atoms with Crippen molar-refractivity contribution in [2.24, 2.45) is 0 Å². The average Bonchev–Trinajstić information content (AvgIpc) is 3.77. The summed E-state index contributed by atoms with van der Waals surface area (Å²) < 4.78 is 16.1. The minimum Gasteiger partial charge on any atom is -0.399 e. The van der Waals surface area contributed by atoms with Crippen molar-refractivity contribution in [3.63, 3.8) is 0 Å². The minimum absolute atomic E-state index is 0.330. The molecule has 0 amide bonds. The smallest absolute Gasteiger partial charge is 0.399 e. The average molecular weight is 968 g/mol. The zero-order valence-corrected chi connectivity index (χ0v) is 36.9. The molecule has 6 heteroatoms. The molecule has 1 heterocycles. The zero-order chi connectivity index (χ0) is 38.8. The maximum Gasteiger partial charge on any atom is 0.495 e. The summed E-state index contributed by atoms with van der Waals surface area (Å²) in [4.78, 5) is 0. The molecule has 1 fully saturated rings. The van der Waals surface area contributed by atoms with E-state index in [1.54, 1.807) is 0 Å². The Hall–Kier alpha value is -4.05. The third-order valence-corrected chi connectivity index (χ3v) is 13.2. The van der Waals surface area contributed by atoms with Gasteiger partial charge in [0.25, 0.3) is 0 Å². The molecule has 11 rings (SSSR count). The van der Waals surface area contributed by atoms with Crippen LogP contribution in [0.5, 0.6) is 0 Å². The van der Waals surface area contributed by atoms with Crippen molar-refractivity contribution < 1.29 is 9.31 Å². The van der Waals surface area contributed by atoms with E-state index in [9.17, 15) is 0 Å². The molecule has 0 aromatic heterocycles. The summed E-state index contributed by atoms with van der Waals surface area (Å²) in [5.41, 5.74) is 13.6. The topological polar surface area (TPSA) is 18.5 Å². The van der Waals surface area contributed by atoms with Crippen LogP contribution in [-0.2, 0) is 9.31 Å². The number of halogens is 3. The third-order valence-electron chi connectivity index (χ3n) is 11.6. The van der Waals surface area contributed by atoms with Crippen LogP contribution < -0.4 is 5.46 Å². The number of hydrogen-bond acceptors (Lipinski definition) is 2. The molecule has 56 heavy (non-hydrogen) atoms. The molecule has 0 atom stereocenters. The second-order valence-corrected chi connectivity index (χ2v) is 18.5. The van der Waals surface area contributed by atoms with E-state index in [0.29, 0.717) is 0 Å². The van der Waals surface area contributed by atoms with Gasteiger partial charge in [0.1, 0.15) is 0 Å². The van der Waals surface area contributed by atoms with Gasteiger partial charge in [-0.2, -0.15) is 0 Å². The summed E-state index contributed by atoms with van der Waals surface area (Å²) >= 11 is 9.22. The number of benzene rings is 8. The molecule has 274 valence electrons. The van der Waals surface area contributed by atoms with Gasteiger partial charge in [-0.3, -0.25) is 0 Å². The van der Waals surface area contributed by atoms with Gasteiger partial charge in [-0.15, -0.1) is 0 Å². The maximum atomic E-state index is 6.31. The van der Waals surface area contributed by atoms with Crippen molar-refractivity contribution in [2.75, 3.05) is 0 Å². The first-order valence-corrected chi connectivity index (χ1v) is 21.5. The Morgan fingerprint density at radius 3 is 1.38 bits per heavy atom. The molecule has 8 aromatic rings. The molecule has 1 saturated heterocycles. The Balaban J connectivity index is 0.000000123. The first-order chi connectivity index (χ1) is 27.0. The van der Waals surface area contributed by atoms with Crippen molar-refractivity contribution in [2.45, 2.75) is 38.9 Å². The van der Waals surface area contributed by atoms with E-state index in [1.807, 2.05) is 12.1 Å². The van der Waals surface area contributed by atoms with E-state index in [4.69, 9.17) is 9.31 Å². The Bertz CT molecular complexity index is 2740. The van der Waals surface area contributed by atoms with Gasteiger partial charge in [-0.25, -0.2) is 0 Å². The summed E-state index contributed by atoms with van der Waals surface area (Å²) in [6.07, 6.45) is 0. The second kappa shape index (κ2) is 14.7. The Morgan fingerprint density at radius 1 is 0.429 bits per heavy atom. The first-order valence-electron chi connectivity index (χ1n) is 18.8. The van der Waals surface area contributed by atoms with Crippen molar-refractivity contribution in [1.82, 2.24) is 0 Å². The molecule has 2 nitrogen and oxygen atoms in total. The molecule has 0 saturated carbocycles. The molecular formula is C50H38BBr2IO2. The van der Waals surface area contributed by atoms with Crippen LogP contribution >= 0.6 is 54.5 Å². The first kappa shape index (κ1) is 37.5. The van der Waals surface area contributed by atoms with E-state index >= 15 is 0 Å². The van der Waals surface area contributed by atoms with Crippen LogP contribution in [0.15, 0.2) is 167 Å². The van der Waals surface area contributed by atoms with E-state index in [-0.39, 0.29) is 18.3 Å². The van der Waals surface area contributed by atoms with Crippen LogP contribution in [0.1, 0.15) is 27.7 Å². The van der Waals surface area contributed by atoms with E-state index in [1.165, 1.54) is 80.7 Å². The van der Waals surface area contributed by atoms with Gasteiger partial charge >= 0.3 is 7.12 Å². The quantitative estimate of drug-likeness (QED) is 0.127. The van der Waals surface area contributed by atoms with Crippen molar-refractivity contribution >= 4 is 88.6 Å². The van der Waals surface area contributed by atoms with Gasteiger partial charge in [-0.05, 0) is 163 Å². The molecule has 2 aliphatic carbocycles. The van der Waals surface area contributed by atoms with Crippen LogP contribution in [0.4, 0.5) is 0 Å². The second-order valence-electron chi connectivity index (χ2n) is 15.4. The zero-order valence-electron chi connectivity index (χ0n) is 31.5. The van der Waals surface area contributed by atoms with E-state index < -0.39 is 0 Å². The van der Waals surface area contributed by atoms with Crippen LogP contribution in [0.3, 0.4) is 0 Å². The van der Waals surface area contributed by atoms with Gasteiger partial charge in [0.2, 0.25) is 0 Å². The monoisotopic (exact) mass is 966 g/mol. The van der Waals surface area contributed by atoms with Crippen molar-refractivity contribution in [3.8, 4) is 55.6 Å². The largest absolute Gasteiger partial charge is 0.495 e. The lowest BCUT2D eigenvalue weighted by Crippen LogP contribution is -2.41. The molecule has 0 N–H and O–H groups in total. The van der Waals surface area contributed by atoms with Gasteiger partial charge in [0.15, 0.2) is 0 Å². The lowest BCUT2D eigenvalue weighted by molar-refractivity contribution is 0.00578. The van der Waals surface area contributed by atoms with Crippen LogP contribution in [0.25, 0.3) is 77.2 Å². The fourth-order valence-corrected chi connectivity index (χ4v) is 9.95. The molecule has 0 bridgehead atoms. The van der Waals surface area contributed by atoms with Crippen molar-refractivity contribution in [1.29, 1.82) is 0 Å². The Labute approximate surface area is 359 Å². The van der Waals surface area contributed by atoms with Crippen LogP contribution in [-0.4, -0.2) is 18.3 Å². The van der Waals surface area contributed by atoms with E-state index in [0.717, 1.165) is 14.4 Å². The summed E-state index contributed by atoms with van der Waals surface area (Å²) in [6, 6.07) is 56.1. The molecule has 3 aliphatic rings. The van der Waals surface area contributed by atoms with E-state index in [2.05, 4.69) is 228 Å². The molecule has 0 unspecified atom stereocenters. The number of fused-ring (bicyclic) bond motifs is 6. The highest BCUT2D eigenvalue weighted by Gasteiger charge is 2.52. The molecule has 0 spiro atoms. The highest BCUT2D eigenvalue weighted by atomic mass is 127. The van der Waals surface area contributed by atoms with Gasteiger partial charge in [-0.1, -0.05) is 159 Å². The van der Waals surface area contributed by atoms with Crippen LogP contribution in [0, 0.1) is 3.57 Å². The Morgan fingerprint density at radius 2 is 0.857 bits per heavy atom. The van der Waals surface area contributed by atoms with Crippen LogP contribution in [0.2, 0.25) is 0 Å². The predicted octanol–water partition coefficient (Wildman–Crippen LogP) is 14.8. The molecule has 1 aliphatic heterocycles. The highest BCUT2D eigenvalue weighted by Crippen LogP contribution is 2.50. The number of hydrogen-bond donors (Lipinski definition) is 0. The molecule has 0 radical (unpaired) electrons. The normalized spacial score (nSPS) is 14.8. The lowest BCUT2D eigenvalue weighted by atomic mass is 9.75. The fourth-order valence-electron chi connectivity index (χ4n) is 8.18. The minimum atomic E-state index is -0.335.